The maximum atomic E-state index is 11.3. The number of benzene rings is 2. The molecule has 13 nitrogen and oxygen atoms in total. The van der Waals surface area contributed by atoms with Crippen LogP contribution >= 0.6 is 0 Å². The number of anilines is 1. The maximum Gasteiger partial charge on any atom is 0.407 e. The van der Waals surface area contributed by atoms with E-state index in [1.54, 1.807) is 11.2 Å². The number of likely N-dealkylation sites (tertiary alicyclic amines) is 1. The number of rotatable bonds is 9. The summed E-state index contributed by atoms with van der Waals surface area (Å²) in [5.74, 6) is 0.948. The number of hydrogen-bond donors (Lipinski definition) is 5. The second kappa shape index (κ2) is 24.9. The monoisotopic (exact) mass is 704 g/mol. The van der Waals surface area contributed by atoms with E-state index >= 15 is 0 Å². The zero-order valence-electron chi connectivity index (χ0n) is 30.8. The Labute approximate surface area is 302 Å². The van der Waals surface area contributed by atoms with E-state index in [-0.39, 0.29) is 19.1 Å². The molecule has 4 aromatic rings. The van der Waals surface area contributed by atoms with Gasteiger partial charge in [0.05, 0.1) is 43.8 Å². The number of aliphatic hydroxyl groups is 1. The summed E-state index contributed by atoms with van der Waals surface area (Å²) in [5.41, 5.74) is 6.80. The number of amides is 3. The first-order chi connectivity index (χ1) is 24.9. The van der Waals surface area contributed by atoms with Crippen molar-refractivity contribution in [1.29, 1.82) is 0 Å². The van der Waals surface area contributed by atoms with E-state index in [1.165, 1.54) is 37.5 Å². The first kappa shape index (κ1) is 42.0. The first-order valence-corrected chi connectivity index (χ1v) is 17.8. The molecule has 6 rings (SSSR count). The van der Waals surface area contributed by atoms with Crippen LogP contribution < -0.4 is 15.5 Å². The number of aromatic nitrogens is 4. The molecule has 0 aliphatic carbocycles. The number of methoxy groups -OCH3 is 1. The lowest BCUT2D eigenvalue weighted by Crippen LogP contribution is -2.38. The van der Waals surface area contributed by atoms with Crippen molar-refractivity contribution in [2.75, 3.05) is 57.9 Å². The summed E-state index contributed by atoms with van der Waals surface area (Å²) in [6, 6.07) is 17.2. The first-order valence-electron chi connectivity index (χ1n) is 17.8. The van der Waals surface area contributed by atoms with E-state index in [0.717, 1.165) is 67.5 Å². The quantitative estimate of drug-likeness (QED) is 0.107. The highest BCUT2D eigenvalue weighted by Gasteiger charge is 2.18. The third-order valence-electron chi connectivity index (χ3n) is 7.56. The number of aromatic amines is 2. The number of carbonyl (C=O) groups is 3. The topological polar surface area (TPSA) is 169 Å². The molecular weight excluding hydrogens is 648 g/mol. The fourth-order valence-electron chi connectivity index (χ4n) is 5.07. The van der Waals surface area contributed by atoms with Crippen molar-refractivity contribution in [2.45, 2.75) is 59.8 Å². The van der Waals surface area contributed by atoms with E-state index in [2.05, 4.69) is 103 Å². The summed E-state index contributed by atoms with van der Waals surface area (Å²) >= 11 is 0. The number of nitrogens with zero attached hydrogens (tertiary/aromatic N) is 4. The molecule has 0 radical (unpaired) electrons. The molecule has 0 spiro atoms. The van der Waals surface area contributed by atoms with Crippen LogP contribution in [0.25, 0.3) is 33.6 Å². The van der Waals surface area contributed by atoms with Crippen LogP contribution in [0.4, 0.5) is 10.7 Å². The van der Waals surface area contributed by atoms with Crippen LogP contribution in [0.15, 0.2) is 67.3 Å². The van der Waals surface area contributed by atoms with Crippen LogP contribution in [0.1, 0.15) is 59.8 Å². The Morgan fingerprint density at radius 2 is 1.39 bits per heavy atom. The van der Waals surface area contributed by atoms with Gasteiger partial charge in [0.25, 0.3) is 0 Å². The normalized spacial score (nSPS) is 12.7. The van der Waals surface area contributed by atoms with Gasteiger partial charge in [0.15, 0.2) is 0 Å². The molecule has 2 aliphatic rings. The third kappa shape index (κ3) is 14.7. The van der Waals surface area contributed by atoms with E-state index in [9.17, 15) is 14.4 Å². The summed E-state index contributed by atoms with van der Waals surface area (Å²) in [6.45, 7) is 12.5. The van der Waals surface area contributed by atoms with Crippen LogP contribution in [0.3, 0.4) is 0 Å². The van der Waals surface area contributed by atoms with Crippen molar-refractivity contribution < 1.29 is 24.2 Å². The van der Waals surface area contributed by atoms with Crippen LogP contribution in [0, 0.1) is 0 Å². The summed E-state index contributed by atoms with van der Waals surface area (Å²) in [6.07, 6.45) is 11.3. The van der Waals surface area contributed by atoms with Gasteiger partial charge in [-0.1, -0.05) is 82.6 Å². The average Bonchev–Trinajstić information content (AvgIpc) is 4.03. The minimum atomic E-state index is -0.562. The second-order valence-corrected chi connectivity index (χ2v) is 11.4. The predicted molar refractivity (Wildman–Crippen MR) is 203 cm³/mol. The standard InChI is InChI=1S/C22H21N5.C8H14N2O3.C3H7NO2.C3H8.C2H6/c1-2-12-27(11-1)22-24-14-21(26-22)19-9-5-17(6-10-19)16-3-7-18(8-4-16)20-13-23-15-25-20;1-13-8(12)9-6-7(11)10-4-2-3-5-10;5-2-1-4-3-6;1-3-2;1-2/h3-10,13-15H,1-2,11-12H2,(H,23,25)(H,24,26);2-6H2,1H3,(H,9,12);3,5H,1-2H2,(H,4,6);3H2,1-2H3;1-2H3. The maximum absolute atomic E-state index is 11.3. The molecular formula is C38H56N8O5. The molecule has 4 heterocycles. The van der Waals surface area contributed by atoms with Gasteiger partial charge < -0.3 is 40.2 Å². The molecule has 0 saturated carbocycles. The number of carbonyl (C=O) groups excluding carboxylic acids is 3. The van der Waals surface area contributed by atoms with Crippen LogP contribution in [0.5, 0.6) is 0 Å². The molecule has 51 heavy (non-hydrogen) atoms. The summed E-state index contributed by atoms with van der Waals surface area (Å²) < 4.78 is 4.34. The highest BCUT2D eigenvalue weighted by molar-refractivity contribution is 5.82. The summed E-state index contributed by atoms with van der Waals surface area (Å²) in [4.78, 5) is 50.6. The highest BCUT2D eigenvalue weighted by Crippen LogP contribution is 2.27. The van der Waals surface area contributed by atoms with E-state index < -0.39 is 6.09 Å². The smallest absolute Gasteiger partial charge is 0.407 e. The lowest BCUT2D eigenvalue weighted by atomic mass is 10.0. The Bertz CT molecular complexity index is 1500. The van der Waals surface area contributed by atoms with E-state index in [4.69, 9.17) is 5.11 Å². The average molecular weight is 705 g/mol. The molecule has 5 N–H and O–H groups in total. The van der Waals surface area contributed by atoms with Crippen LogP contribution in [-0.4, -0.2) is 101 Å². The van der Waals surface area contributed by atoms with Crippen molar-refractivity contribution in [3.8, 4) is 33.6 Å². The number of nitrogens with one attached hydrogen (secondary N) is 4. The van der Waals surface area contributed by atoms with Crippen molar-refractivity contribution in [1.82, 2.24) is 35.5 Å². The lowest BCUT2D eigenvalue weighted by molar-refractivity contribution is -0.129. The van der Waals surface area contributed by atoms with Gasteiger partial charge >= 0.3 is 6.09 Å². The molecule has 13 heteroatoms. The second-order valence-electron chi connectivity index (χ2n) is 11.4. The number of imidazole rings is 2. The largest absolute Gasteiger partial charge is 0.453 e. The van der Waals surface area contributed by atoms with Gasteiger partial charge in [0.1, 0.15) is 6.54 Å². The number of aliphatic hydroxyl groups excluding tert-OH is 1. The fraction of sp³-hybridized carbons (Fsp3) is 0.447. The molecule has 2 aliphatic heterocycles. The minimum absolute atomic E-state index is 0.0126. The van der Waals surface area contributed by atoms with Crippen LogP contribution in [-0.2, 0) is 14.3 Å². The SMILES string of the molecule is CC.CCC.COC(=O)NCC(=O)N1CCCC1.O=CNCCO.c1ncc(-c2ccc(-c3ccc(-c4cnc(N5CCCC5)[nH]4)cc3)cc2)[nH]1. The van der Waals surface area contributed by atoms with Gasteiger partial charge in [-0.15, -0.1) is 0 Å². The lowest BCUT2D eigenvalue weighted by Gasteiger charge is -2.14. The van der Waals surface area contributed by atoms with Gasteiger partial charge in [0.2, 0.25) is 18.3 Å². The molecule has 2 saturated heterocycles. The number of ether oxygens (including phenoxy) is 1. The van der Waals surface area contributed by atoms with Crippen molar-refractivity contribution in [2.24, 2.45) is 0 Å². The molecule has 2 fully saturated rings. The molecule has 3 amide bonds. The molecule has 0 atom stereocenters. The number of hydrogen-bond acceptors (Lipinski definition) is 8. The Kier molecular flexibility index (Phi) is 20.5. The predicted octanol–water partition coefficient (Wildman–Crippen LogP) is 5.87. The zero-order chi connectivity index (χ0) is 37.3. The van der Waals surface area contributed by atoms with Gasteiger partial charge in [0, 0.05) is 32.7 Å². The van der Waals surface area contributed by atoms with E-state index in [1.807, 2.05) is 26.2 Å². The van der Waals surface area contributed by atoms with Gasteiger partial charge in [-0.2, -0.15) is 0 Å². The van der Waals surface area contributed by atoms with Crippen molar-refractivity contribution in [3.63, 3.8) is 0 Å². The Balaban J connectivity index is 0.000000313. The fourth-order valence-corrected chi connectivity index (χ4v) is 5.07. The Morgan fingerprint density at radius 3 is 1.86 bits per heavy atom. The minimum Gasteiger partial charge on any atom is -0.453 e. The molecule has 0 bridgehead atoms. The molecule has 2 aromatic carbocycles. The Morgan fingerprint density at radius 1 is 0.863 bits per heavy atom. The molecule has 278 valence electrons. The van der Waals surface area contributed by atoms with Crippen molar-refractivity contribution >= 4 is 24.4 Å². The summed E-state index contributed by atoms with van der Waals surface area (Å²) in [7, 11) is 1.27. The highest BCUT2D eigenvalue weighted by atomic mass is 16.5. The molecule has 0 unspecified atom stereocenters. The zero-order valence-corrected chi connectivity index (χ0v) is 30.8. The van der Waals surface area contributed by atoms with Gasteiger partial charge in [-0.05, 0) is 47.9 Å². The number of H-pyrrole nitrogens is 2. The number of alkyl carbamates (subject to hydrolysis) is 1. The van der Waals surface area contributed by atoms with Crippen molar-refractivity contribution in [3.05, 3.63) is 67.3 Å². The van der Waals surface area contributed by atoms with Gasteiger partial charge in [-0.3, -0.25) is 9.59 Å². The Hall–Kier alpha value is -5.17. The molecule has 2 aromatic heterocycles. The third-order valence-corrected chi connectivity index (χ3v) is 7.56. The van der Waals surface area contributed by atoms with Gasteiger partial charge in [-0.25, -0.2) is 14.8 Å². The summed E-state index contributed by atoms with van der Waals surface area (Å²) in [5, 5.41) is 12.6. The van der Waals surface area contributed by atoms with Crippen LogP contribution in [0.2, 0.25) is 0 Å². The van der Waals surface area contributed by atoms with E-state index in [0.29, 0.717) is 13.0 Å².